The molecule has 0 aliphatic rings. The van der Waals surface area contributed by atoms with E-state index in [0.29, 0.717) is 62.8 Å². The molecular weight excluding hydrogens is 621 g/mol. The Balaban J connectivity index is 1.24. The van der Waals surface area contributed by atoms with Gasteiger partial charge in [0.2, 0.25) is 0 Å². The zero-order valence-electron chi connectivity index (χ0n) is 26.0. The van der Waals surface area contributed by atoms with Crippen LogP contribution in [0.2, 0.25) is 5.02 Å². The number of anilines is 1. The van der Waals surface area contributed by atoms with Gasteiger partial charge in [0, 0.05) is 29.2 Å². The Morgan fingerprint density at radius 3 is 2.49 bits per heavy atom. The van der Waals surface area contributed by atoms with Gasteiger partial charge in [0.25, 0.3) is 5.91 Å². The summed E-state index contributed by atoms with van der Waals surface area (Å²) in [6.45, 7) is 1.41. The topological polar surface area (TPSA) is 98.7 Å². The zero-order chi connectivity index (χ0) is 32.9. The molecule has 0 atom stereocenters. The van der Waals surface area contributed by atoms with Crippen LogP contribution < -0.4 is 19.5 Å². The third-order valence-corrected chi connectivity index (χ3v) is 7.69. The standard InChI is InChI=1S/C36H31ClFN5O4/c1-43(2)14-7-15-46-34-20-31-27(19-33(34)45-3)35(21-39-42-31)47-32-13-11-24(17-28(32)37)40-36(44)26-18-30(22-8-5-4-6-9-22)41-29-12-10-23(38)16-25(26)29/h4-6,8-13,16-21H,7,14-15H2,1-3H3,(H,40,44). The molecule has 238 valence electrons. The summed E-state index contributed by atoms with van der Waals surface area (Å²) in [5.41, 5.74) is 3.17. The van der Waals surface area contributed by atoms with E-state index >= 15 is 0 Å². The second-order valence-corrected chi connectivity index (χ2v) is 11.4. The minimum absolute atomic E-state index is 0.246. The van der Waals surface area contributed by atoms with Crippen molar-refractivity contribution in [1.82, 2.24) is 20.1 Å². The highest BCUT2D eigenvalue weighted by atomic mass is 35.5. The van der Waals surface area contributed by atoms with Crippen molar-refractivity contribution in [2.45, 2.75) is 6.42 Å². The van der Waals surface area contributed by atoms with Crippen LogP contribution in [0.1, 0.15) is 16.8 Å². The third-order valence-electron chi connectivity index (χ3n) is 7.39. The number of fused-ring (bicyclic) bond motifs is 2. The highest BCUT2D eigenvalue weighted by Crippen LogP contribution is 2.39. The molecule has 0 bridgehead atoms. The molecule has 6 rings (SSSR count). The molecule has 0 saturated carbocycles. The summed E-state index contributed by atoms with van der Waals surface area (Å²) in [5.74, 6) is 0.924. The molecule has 0 fully saturated rings. The average molecular weight is 652 g/mol. The number of hydrogen-bond donors (Lipinski definition) is 1. The number of amides is 1. The number of pyridine rings is 1. The number of carbonyl (C=O) groups is 1. The Kier molecular flexibility index (Phi) is 9.42. The fourth-order valence-electron chi connectivity index (χ4n) is 5.08. The molecule has 0 radical (unpaired) electrons. The van der Waals surface area contributed by atoms with Gasteiger partial charge in [-0.15, -0.1) is 0 Å². The van der Waals surface area contributed by atoms with Gasteiger partial charge in [-0.3, -0.25) is 4.79 Å². The molecule has 6 aromatic rings. The minimum atomic E-state index is -0.468. The Bertz CT molecular complexity index is 2080. The van der Waals surface area contributed by atoms with Crippen LogP contribution in [-0.2, 0) is 0 Å². The summed E-state index contributed by atoms with van der Waals surface area (Å²) in [6, 6.07) is 23.7. The first-order chi connectivity index (χ1) is 22.8. The summed E-state index contributed by atoms with van der Waals surface area (Å²) in [7, 11) is 5.59. The van der Waals surface area contributed by atoms with Gasteiger partial charge in [0.15, 0.2) is 17.2 Å². The Hall–Kier alpha value is -5.32. The van der Waals surface area contributed by atoms with E-state index in [4.69, 9.17) is 25.8 Å². The van der Waals surface area contributed by atoms with Crippen molar-refractivity contribution < 1.29 is 23.4 Å². The highest BCUT2D eigenvalue weighted by molar-refractivity contribution is 6.32. The maximum atomic E-state index is 14.2. The van der Waals surface area contributed by atoms with Gasteiger partial charge in [0.1, 0.15) is 17.1 Å². The second-order valence-electron chi connectivity index (χ2n) is 11.0. The van der Waals surface area contributed by atoms with E-state index in [9.17, 15) is 9.18 Å². The minimum Gasteiger partial charge on any atom is -0.493 e. The predicted molar refractivity (Wildman–Crippen MR) is 181 cm³/mol. The molecule has 47 heavy (non-hydrogen) atoms. The van der Waals surface area contributed by atoms with Gasteiger partial charge < -0.3 is 24.4 Å². The largest absolute Gasteiger partial charge is 0.493 e. The van der Waals surface area contributed by atoms with Crippen LogP contribution in [0, 0.1) is 5.82 Å². The van der Waals surface area contributed by atoms with Crippen LogP contribution in [0.3, 0.4) is 0 Å². The molecule has 0 saturated heterocycles. The molecule has 1 amide bonds. The number of aromatic nitrogens is 3. The van der Waals surface area contributed by atoms with E-state index in [2.05, 4.69) is 25.4 Å². The summed E-state index contributed by atoms with van der Waals surface area (Å²) in [5, 5.41) is 12.5. The number of carbonyl (C=O) groups excluding carboxylic acids is 1. The van der Waals surface area contributed by atoms with Crippen LogP contribution in [0.15, 0.2) is 91.1 Å². The normalized spacial score (nSPS) is 11.2. The number of halogens is 2. The van der Waals surface area contributed by atoms with Gasteiger partial charge in [-0.25, -0.2) is 9.37 Å². The second kappa shape index (κ2) is 14.0. The maximum absolute atomic E-state index is 14.2. The maximum Gasteiger partial charge on any atom is 0.256 e. The first-order valence-electron chi connectivity index (χ1n) is 14.8. The van der Waals surface area contributed by atoms with Gasteiger partial charge in [0.05, 0.1) is 47.1 Å². The predicted octanol–water partition coefficient (Wildman–Crippen LogP) is 8.02. The molecule has 0 aliphatic heterocycles. The first-order valence-corrected chi connectivity index (χ1v) is 15.2. The van der Waals surface area contributed by atoms with Crippen LogP contribution in [-0.4, -0.2) is 60.3 Å². The lowest BCUT2D eigenvalue weighted by Crippen LogP contribution is -2.15. The first kappa shape index (κ1) is 31.7. The van der Waals surface area contributed by atoms with Crippen molar-refractivity contribution in [1.29, 1.82) is 0 Å². The summed E-state index contributed by atoms with van der Waals surface area (Å²) < 4.78 is 32.0. The molecule has 11 heteroatoms. The van der Waals surface area contributed by atoms with Crippen LogP contribution >= 0.6 is 11.6 Å². The summed E-state index contributed by atoms with van der Waals surface area (Å²) in [6.07, 6.45) is 2.34. The van der Waals surface area contributed by atoms with Crippen molar-refractivity contribution in [3.8, 4) is 34.3 Å². The smallest absolute Gasteiger partial charge is 0.256 e. The molecule has 0 aliphatic carbocycles. The van der Waals surface area contributed by atoms with Gasteiger partial charge in [-0.05, 0) is 69.0 Å². The van der Waals surface area contributed by atoms with E-state index in [1.165, 1.54) is 18.3 Å². The van der Waals surface area contributed by atoms with Crippen molar-refractivity contribution in [3.05, 3.63) is 108 Å². The number of hydrogen-bond acceptors (Lipinski definition) is 8. The Morgan fingerprint density at radius 1 is 0.894 bits per heavy atom. The molecule has 4 aromatic carbocycles. The molecule has 0 spiro atoms. The quantitative estimate of drug-likeness (QED) is 0.141. The van der Waals surface area contributed by atoms with Crippen molar-refractivity contribution in [2.75, 3.05) is 39.7 Å². The number of nitrogens with one attached hydrogen (secondary N) is 1. The van der Waals surface area contributed by atoms with Crippen molar-refractivity contribution in [3.63, 3.8) is 0 Å². The highest BCUT2D eigenvalue weighted by Gasteiger charge is 2.17. The summed E-state index contributed by atoms with van der Waals surface area (Å²) >= 11 is 6.64. The third kappa shape index (κ3) is 7.24. The van der Waals surface area contributed by atoms with Crippen molar-refractivity contribution >= 4 is 45.0 Å². The fraction of sp³-hybridized carbons (Fsp3) is 0.167. The lowest BCUT2D eigenvalue weighted by atomic mass is 10.0. The van der Waals surface area contributed by atoms with E-state index in [1.54, 1.807) is 49.6 Å². The van der Waals surface area contributed by atoms with E-state index in [1.807, 2.05) is 44.4 Å². The number of ether oxygens (including phenoxy) is 3. The SMILES string of the molecule is COc1cc2c(Oc3ccc(NC(=O)c4cc(-c5ccccc5)nc5ccc(F)cc45)cc3Cl)cnnc2cc1OCCCN(C)C. The van der Waals surface area contributed by atoms with E-state index in [-0.39, 0.29) is 10.6 Å². The molecule has 9 nitrogen and oxygen atoms in total. The number of benzene rings is 4. The monoisotopic (exact) mass is 651 g/mol. The molecule has 2 aromatic heterocycles. The van der Waals surface area contributed by atoms with Gasteiger partial charge >= 0.3 is 0 Å². The van der Waals surface area contributed by atoms with Gasteiger partial charge in [-0.1, -0.05) is 41.9 Å². The number of nitrogens with zero attached hydrogens (tertiary/aromatic N) is 4. The number of methoxy groups -OCH3 is 1. The lowest BCUT2D eigenvalue weighted by Gasteiger charge is -2.15. The van der Waals surface area contributed by atoms with Crippen molar-refractivity contribution in [2.24, 2.45) is 0 Å². The van der Waals surface area contributed by atoms with E-state index < -0.39 is 11.7 Å². The van der Waals surface area contributed by atoms with Crippen LogP contribution in [0.25, 0.3) is 33.1 Å². The Morgan fingerprint density at radius 2 is 1.72 bits per heavy atom. The lowest BCUT2D eigenvalue weighted by molar-refractivity contribution is 0.102. The molecule has 1 N–H and O–H groups in total. The zero-order valence-corrected chi connectivity index (χ0v) is 26.7. The van der Waals surface area contributed by atoms with Gasteiger partial charge in [-0.2, -0.15) is 10.2 Å². The molecule has 2 heterocycles. The van der Waals surface area contributed by atoms with Crippen LogP contribution in [0.4, 0.5) is 10.1 Å². The molecular formula is C36H31ClFN5O4. The summed E-state index contributed by atoms with van der Waals surface area (Å²) in [4.78, 5) is 20.3. The van der Waals surface area contributed by atoms with E-state index in [0.717, 1.165) is 18.5 Å². The average Bonchev–Trinajstić information content (AvgIpc) is 3.07. The fourth-order valence-corrected chi connectivity index (χ4v) is 5.30. The Labute approximate surface area is 275 Å². The number of rotatable bonds is 11. The molecule has 0 unspecified atom stereocenters. The van der Waals surface area contributed by atoms with Crippen LogP contribution in [0.5, 0.6) is 23.0 Å².